The summed E-state index contributed by atoms with van der Waals surface area (Å²) in [6, 6.07) is 18.9. The Morgan fingerprint density at radius 3 is 2.63 bits per heavy atom. The van der Waals surface area contributed by atoms with Gasteiger partial charge in [0.1, 0.15) is 5.75 Å². The predicted octanol–water partition coefficient (Wildman–Crippen LogP) is 4.33. The highest BCUT2D eigenvalue weighted by Crippen LogP contribution is 2.31. The highest BCUT2D eigenvalue weighted by Gasteiger charge is 2.24. The van der Waals surface area contributed by atoms with Crippen LogP contribution in [0, 0.1) is 5.92 Å². The van der Waals surface area contributed by atoms with Gasteiger partial charge in [-0.15, -0.1) is 24.0 Å². The summed E-state index contributed by atoms with van der Waals surface area (Å²) in [5, 5.41) is 6.85. The molecule has 3 rings (SSSR count). The molecule has 5 nitrogen and oxygen atoms in total. The van der Waals surface area contributed by atoms with Crippen LogP contribution in [-0.2, 0) is 6.42 Å². The van der Waals surface area contributed by atoms with Gasteiger partial charge in [-0.2, -0.15) is 0 Å². The lowest BCUT2D eigenvalue weighted by Crippen LogP contribution is -2.38. The van der Waals surface area contributed by atoms with Crippen molar-refractivity contribution >= 4 is 35.6 Å². The molecule has 1 aliphatic heterocycles. The number of rotatable bonds is 9. The van der Waals surface area contributed by atoms with Gasteiger partial charge in [0.05, 0.1) is 12.8 Å². The Morgan fingerprint density at radius 1 is 1.10 bits per heavy atom. The second-order valence-electron chi connectivity index (χ2n) is 7.51. The highest BCUT2D eigenvalue weighted by atomic mass is 127. The van der Waals surface area contributed by atoms with Crippen molar-refractivity contribution in [2.75, 3.05) is 44.7 Å². The maximum Gasteiger partial charge on any atom is 0.191 e. The molecular weight excluding hydrogens is 487 g/mol. The molecule has 30 heavy (non-hydrogen) atoms. The maximum atomic E-state index is 5.52. The predicted molar refractivity (Wildman–Crippen MR) is 137 cm³/mol. The number of nitrogens with zero attached hydrogens (tertiary/aromatic N) is 2. The van der Waals surface area contributed by atoms with Crippen LogP contribution in [0.1, 0.15) is 25.3 Å². The molecule has 1 aliphatic rings. The molecular formula is C24H35IN4O. The van der Waals surface area contributed by atoms with Gasteiger partial charge in [0.25, 0.3) is 0 Å². The molecule has 2 aromatic rings. The van der Waals surface area contributed by atoms with E-state index in [4.69, 9.17) is 9.73 Å². The van der Waals surface area contributed by atoms with Crippen LogP contribution in [0.5, 0.6) is 5.75 Å². The van der Waals surface area contributed by atoms with E-state index in [1.165, 1.54) is 11.3 Å². The lowest BCUT2D eigenvalue weighted by atomic mass is 10.1. The Hall–Kier alpha value is -1.96. The van der Waals surface area contributed by atoms with Crippen LogP contribution >= 0.6 is 24.0 Å². The number of para-hydroxylation sites is 2. The second kappa shape index (κ2) is 13.4. The van der Waals surface area contributed by atoms with Crippen molar-refractivity contribution in [3.63, 3.8) is 0 Å². The second-order valence-corrected chi connectivity index (χ2v) is 7.51. The number of aliphatic imine (C=N–C) groups is 1. The maximum absolute atomic E-state index is 5.52. The smallest absolute Gasteiger partial charge is 0.191 e. The molecule has 0 aromatic heterocycles. The number of aryl methyl sites for hydroxylation is 1. The molecule has 0 bridgehead atoms. The first kappa shape index (κ1) is 24.3. The molecule has 164 valence electrons. The van der Waals surface area contributed by atoms with Gasteiger partial charge in [-0.25, -0.2) is 0 Å². The zero-order chi connectivity index (χ0) is 20.3. The molecule has 1 saturated heterocycles. The third-order valence-corrected chi connectivity index (χ3v) is 5.34. The fourth-order valence-corrected chi connectivity index (χ4v) is 3.80. The van der Waals surface area contributed by atoms with Crippen LogP contribution < -0.4 is 20.3 Å². The van der Waals surface area contributed by atoms with E-state index in [1.54, 1.807) is 7.11 Å². The number of anilines is 1. The average molecular weight is 522 g/mol. The molecule has 1 fully saturated rings. The summed E-state index contributed by atoms with van der Waals surface area (Å²) in [5.74, 6) is 2.45. The Morgan fingerprint density at radius 2 is 1.87 bits per heavy atom. The lowest BCUT2D eigenvalue weighted by molar-refractivity contribution is 0.414. The SMILES string of the molecule is CCNC(=NCC1CCN(c2ccccc2OC)C1)NCCCc1ccccc1.I. The first-order valence-electron chi connectivity index (χ1n) is 10.7. The third kappa shape index (κ3) is 7.38. The van der Waals surface area contributed by atoms with Crippen LogP contribution in [0.25, 0.3) is 0 Å². The van der Waals surface area contributed by atoms with E-state index in [9.17, 15) is 0 Å². The van der Waals surface area contributed by atoms with Gasteiger partial charge in [-0.3, -0.25) is 4.99 Å². The zero-order valence-electron chi connectivity index (χ0n) is 18.1. The minimum atomic E-state index is 0. The van der Waals surface area contributed by atoms with Gasteiger partial charge in [0.15, 0.2) is 5.96 Å². The summed E-state index contributed by atoms with van der Waals surface area (Å²) in [6.07, 6.45) is 3.35. The van der Waals surface area contributed by atoms with Crippen LogP contribution in [-0.4, -0.2) is 45.8 Å². The van der Waals surface area contributed by atoms with E-state index in [0.29, 0.717) is 5.92 Å². The summed E-state index contributed by atoms with van der Waals surface area (Å²) in [5.41, 5.74) is 2.58. The molecule has 1 heterocycles. The van der Waals surface area contributed by atoms with Crippen LogP contribution in [0.15, 0.2) is 59.6 Å². The summed E-state index contributed by atoms with van der Waals surface area (Å²) >= 11 is 0. The summed E-state index contributed by atoms with van der Waals surface area (Å²) in [6.45, 7) is 6.85. The standard InChI is InChI=1S/C24H34N4O.HI/c1-3-25-24(26-16-9-12-20-10-5-4-6-11-20)27-18-21-15-17-28(19-21)22-13-7-8-14-23(22)29-2;/h4-8,10-11,13-14,21H,3,9,12,15-19H2,1-2H3,(H2,25,26,27);1H. The van der Waals surface area contributed by atoms with Crippen LogP contribution in [0.3, 0.4) is 0 Å². The number of ether oxygens (including phenoxy) is 1. The normalized spacial score (nSPS) is 16.1. The van der Waals surface area contributed by atoms with Crippen LogP contribution in [0.4, 0.5) is 5.69 Å². The van der Waals surface area contributed by atoms with Gasteiger partial charge in [-0.1, -0.05) is 42.5 Å². The third-order valence-electron chi connectivity index (χ3n) is 5.34. The molecule has 2 aromatic carbocycles. The fourth-order valence-electron chi connectivity index (χ4n) is 3.80. The average Bonchev–Trinajstić information content (AvgIpc) is 3.24. The number of halogens is 1. The number of hydrogen-bond acceptors (Lipinski definition) is 3. The Kier molecular flexibility index (Phi) is 10.8. The largest absolute Gasteiger partial charge is 0.495 e. The van der Waals surface area contributed by atoms with Crippen molar-refractivity contribution in [3.8, 4) is 5.75 Å². The van der Waals surface area contributed by atoms with E-state index in [-0.39, 0.29) is 24.0 Å². The Labute approximate surface area is 198 Å². The van der Waals surface area contributed by atoms with Gasteiger partial charge < -0.3 is 20.3 Å². The van der Waals surface area contributed by atoms with Crippen molar-refractivity contribution < 1.29 is 4.74 Å². The van der Waals surface area contributed by atoms with E-state index in [0.717, 1.165) is 63.7 Å². The highest BCUT2D eigenvalue weighted by molar-refractivity contribution is 14.0. The van der Waals surface area contributed by atoms with E-state index < -0.39 is 0 Å². The van der Waals surface area contributed by atoms with Crippen molar-refractivity contribution in [1.29, 1.82) is 0 Å². The molecule has 0 radical (unpaired) electrons. The number of guanidine groups is 1. The molecule has 1 unspecified atom stereocenters. The molecule has 1 atom stereocenters. The summed E-state index contributed by atoms with van der Waals surface area (Å²) in [7, 11) is 1.74. The van der Waals surface area contributed by atoms with Gasteiger partial charge in [-0.05, 0) is 49.8 Å². The lowest BCUT2D eigenvalue weighted by Gasteiger charge is -2.21. The van der Waals surface area contributed by atoms with E-state index >= 15 is 0 Å². The van der Waals surface area contributed by atoms with E-state index in [1.807, 2.05) is 12.1 Å². The van der Waals surface area contributed by atoms with Crippen molar-refractivity contribution in [3.05, 3.63) is 60.2 Å². The van der Waals surface area contributed by atoms with Gasteiger partial charge in [0, 0.05) is 32.7 Å². The summed E-state index contributed by atoms with van der Waals surface area (Å²) < 4.78 is 5.52. The molecule has 2 N–H and O–H groups in total. The minimum absolute atomic E-state index is 0. The van der Waals surface area contributed by atoms with Gasteiger partial charge >= 0.3 is 0 Å². The van der Waals surface area contributed by atoms with Crippen molar-refractivity contribution in [2.24, 2.45) is 10.9 Å². The molecule has 0 spiro atoms. The molecule has 0 amide bonds. The number of nitrogens with one attached hydrogen (secondary N) is 2. The molecule has 0 aliphatic carbocycles. The zero-order valence-corrected chi connectivity index (χ0v) is 20.5. The molecule has 0 saturated carbocycles. The van der Waals surface area contributed by atoms with Crippen LogP contribution in [0.2, 0.25) is 0 Å². The topological polar surface area (TPSA) is 48.9 Å². The fraction of sp³-hybridized carbons (Fsp3) is 0.458. The monoisotopic (exact) mass is 522 g/mol. The first-order chi connectivity index (χ1) is 14.3. The van der Waals surface area contributed by atoms with Crippen molar-refractivity contribution in [2.45, 2.75) is 26.2 Å². The minimum Gasteiger partial charge on any atom is -0.495 e. The quantitative estimate of drug-likeness (QED) is 0.223. The number of hydrogen-bond donors (Lipinski definition) is 2. The van der Waals surface area contributed by atoms with Crippen molar-refractivity contribution in [1.82, 2.24) is 10.6 Å². The van der Waals surface area contributed by atoms with Gasteiger partial charge in [0.2, 0.25) is 0 Å². The van der Waals surface area contributed by atoms with E-state index in [2.05, 4.69) is 64.9 Å². The Bertz CT molecular complexity index is 769. The number of methoxy groups -OCH3 is 1. The number of benzene rings is 2. The molecule has 6 heteroatoms. The summed E-state index contributed by atoms with van der Waals surface area (Å²) in [4.78, 5) is 7.26. The first-order valence-corrected chi connectivity index (χ1v) is 10.7. The Balaban J connectivity index is 0.00000320.